The Labute approximate surface area is 112 Å². The molecule has 1 N–H and O–H groups in total. The van der Waals surface area contributed by atoms with E-state index in [4.69, 9.17) is 0 Å². The lowest BCUT2D eigenvalue weighted by Gasteiger charge is -2.41. The van der Waals surface area contributed by atoms with Gasteiger partial charge in [0.2, 0.25) is 0 Å². The zero-order valence-corrected chi connectivity index (χ0v) is 12.2. The molecule has 0 bridgehead atoms. The normalized spacial score (nSPS) is 25.6. The van der Waals surface area contributed by atoms with Crippen LogP contribution < -0.4 is 0 Å². The van der Waals surface area contributed by atoms with Gasteiger partial charge in [0.25, 0.3) is 0 Å². The fraction of sp³-hybridized carbons (Fsp3) is 0.933. The molecular weight excluding hydrogens is 226 g/mol. The SMILES string of the molecule is CCCC1(C(=O)O)CCCN(CC(CC)CC)C1. The third-order valence-electron chi connectivity index (χ3n) is 4.51. The fourth-order valence-corrected chi connectivity index (χ4v) is 3.26. The first-order valence-corrected chi connectivity index (χ1v) is 7.53. The van der Waals surface area contributed by atoms with E-state index in [1.54, 1.807) is 0 Å². The van der Waals surface area contributed by atoms with Gasteiger partial charge in [-0.15, -0.1) is 0 Å². The molecule has 0 spiro atoms. The molecule has 1 aliphatic heterocycles. The van der Waals surface area contributed by atoms with Gasteiger partial charge in [-0.3, -0.25) is 4.79 Å². The Morgan fingerprint density at radius 2 is 2.00 bits per heavy atom. The highest BCUT2D eigenvalue weighted by Gasteiger charge is 2.41. The van der Waals surface area contributed by atoms with Crippen molar-refractivity contribution in [2.24, 2.45) is 11.3 Å². The predicted molar refractivity (Wildman–Crippen MR) is 74.7 cm³/mol. The van der Waals surface area contributed by atoms with Gasteiger partial charge >= 0.3 is 5.97 Å². The first-order valence-electron chi connectivity index (χ1n) is 7.53. The van der Waals surface area contributed by atoms with E-state index >= 15 is 0 Å². The minimum absolute atomic E-state index is 0.473. The molecule has 1 rings (SSSR count). The lowest BCUT2D eigenvalue weighted by atomic mass is 9.76. The molecule has 106 valence electrons. The minimum Gasteiger partial charge on any atom is -0.481 e. The van der Waals surface area contributed by atoms with Gasteiger partial charge in [-0.2, -0.15) is 0 Å². The highest BCUT2D eigenvalue weighted by atomic mass is 16.4. The fourth-order valence-electron chi connectivity index (χ4n) is 3.26. The van der Waals surface area contributed by atoms with Crippen LogP contribution in [0, 0.1) is 11.3 Å². The van der Waals surface area contributed by atoms with E-state index < -0.39 is 11.4 Å². The number of nitrogens with zero attached hydrogens (tertiary/aromatic N) is 1. The van der Waals surface area contributed by atoms with E-state index in [-0.39, 0.29) is 0 Å². The van der Waals surface area contributed by atoms with Gasteiger partial charge in [-0.1, -0.05) is 40.0 Å². The summed E-state index contributed by atoms with van der Waals surface area (Å²) in [5.74, 6) is 0.134. The molecule has 1 atom stereocenters. The van der Waals surface area contributed by atoms with Crippen LogP contribution in [0.5, 0.6) is 0 Å². The molecule has 0 aliphatic carbocycles. The van der Waals surface area contributed by atoms with Crippen LogP contribution >= 0.6 is 0 Å². The molecule has 0 radical (unpaired) electrons. The van der Waals surface area contributed by atoms with Crippen LogP contribution in [0.25, 0.3) is 0 Å². The maximum Gasteiger partial charge on any atom is 0.310 e. The average molecular weight is 255 g/mol. The quantitative estimate of drug-likeness (QED) is 0.758. The Bertz CT molecular complexity index is 259. The Morgan fingerprint density at radius 3 is 2.50 bits per heavy atom. The van der Waals surface area contributed by atoms with Crippen molar-refractivity contribution in [3.05, 3.63) is 0 Å². The van der Waals surface area contributed by atoms with Gasteiger partial charge < -0.3 is 10.0 Å². The molecule has 1 fully saturated rings. The largest absolute Gasteiger partial charge is 0.481 e. The van der Waals surface area contributed by atoms with E-state index in [1.165, 1.54) is 12.8 Å². The summed E-state index contributed by atoms with van der Waals surface area (Å²) in [4.78, 5) is 14.0. The molecule has 1 saturated heterocycles. The summed E-state index contributed by atoms with van der Waals surface area (Å²) in [6, 6.07) is 0. The van der Waals surface area contributed by atoms with E-state index in [2.05, 4.69) is 25.7 Å². The smallest absolute Gasteiger partial charge is 0.310 e. The van der Waals surface area contributed by atoms with Gasteiger partial charge in [0.15, 0.2) is 0 Å². The first kappa shape index (κ1) is 15.5. The number of rotatable bonds is 7. The number of aliphatic carboxylic acids is 1. The molecule has 3 heteroatoms. The number of carboxylic acid groups (broad SMARTS) is 1. The molecule has 0 aromatic rings. The molecule has 1 heterocycles. The van der Waals surface area contributed by atoms with Gasteiger partial charge in [0, 0.05) is 13.1 Å². The average Bonchev–Trinajstić information content (AvgIpc) is 2.36. The second-order valence-corrected chi connectivity index (χ2v) is 5.86. The van der Waals surface area contributed by atoms with Gasteiger partial charge in [-0.25, -0.2) is 0 Å². The number of hydrogen-bond donors (Lipinski definition) is 1. The van der Waals surface area contributed by atoms with Crippen LogP contribution in [0.2, 0.25) is 0 Å². The highest BCUT2D eigenvalue weighted by molar-refractivity contribution is 5.75. The van der Waals surface area contributed by atoms with Crippen molar-refractivity contribution in [2.75, 3.05) is 19.6 Å². The van der Waals surface area contributed by atoms with Crippen molar-refractivity contribution in [1.29, 1.82) is 0 Å². The summed E-state index contributed by atoms with van der Waals surface area (Å²) in [5.41, 5.74) is -0.473. The molecule has 0 aromatic carbocycles. The van der Waals surface area contributed by atoms with Crippen molar-refractivity contribution in [3.8, 4) is 0 Å². The van der Waals surface area contributed by atoms with Crippen LogP contribution in [0.3, 0.4) is 0 Å². The summed E-state index contributed by atoms with van der Waals surface area (Å²) in [6.45, 7) is 9.46. The van der Waals surface area contributed by atoms with Crippen LogP contribution in [-0.4, -0.2) is 35.6 Å². The molecule has 1 unspecified atom stereocenters. The van der Waals surface area contributed by atoms with Crippen LogP contribution in [0.4, 0.5) is 0 Å². The molecule has 1 aliphatic rings. The number of carboxylic acids is 1. The van der Waals surface area contributed by atoms with Crippen LogP contribution in [0.15, 0.2) is 0 Å². The van der Waals surface area contributed by atoms with E-state index in [1.807, 2.05) is 0 Å². The van der Waals surface area contributed by atoms with Gasteiger partial charge in [0.1, 0.15) is 0 Å². The summed E-state index contributed by atoms with van der Waals surface area (Å²) < 4.78 is 0. The zero-order valence-electron chi connectivity index (χ0n) is 12.2. The Hall–Kier alpha value is -0.570. The lowest BCUT2D eigenvalue weighted by Crippen LogP contribution is -2.49. The summed E-state index contributed by atoms with van der Waals surface area (Å²) in [7, 11) is 0. The Morgan fingerprint density at radius 1 is 1.33 bits per heavy atom. The van der Waals surface area contributed by atoms with Gasteiger partial charge in [-0.05, 0) is 31.7 Å². The van der Waals surface area contributed by atoms with Crippen LogP contribution in [0.1, 0.15) is 59.3 Å². The van der Waals surface area contributed by atoms with Crippen molar-refractivity contribution in [3.63, 3.8) is 0 Å². The third kappa shape index (κ3) is 3.71. The molecule has 0 aromatic heterocycles. The van der Waals surface area contributed by atoms with Gasteiger partial charge in [0.05, 0.1) is 5.41 Å². The molecule has 18 heavy (non-hydrogen) atoms. The van der Waals surface area contributed by atoms with Crippen molar-refractivity contribution < 1.29 is 9.90 Å². The number of piperidine rings is 1. The summed E-state index contributed by atoms with van der Waals surface area (Å²) in [5, 5.41) is 9.56. The van der Waals surface area contributed by atoms with E-state index in [0.717, 1.165) is 51.2 Å². The maximum atomic E-state index is 11.6. The number of carbonyl (C=O) groups is 1. The summed E-state index contributed by atoms with van der Waals surface area (Å²) >= 11 is 0. The minimum atomic E-state index is -0.585. The maximum absolute atomic E-state index is 11.6. The second kappa shape index (κ2) is 7.13. The second-order valence-electron chi connectivity index (χ2n) is 5.86. The first-order chi connectivity index (χ1) is 8.57. The Kier molecular flexibility index (Phi) is 6.13. The van der Waals surface area contributed by atoms with E-state index in [9.17, 15) is 9.90 Å². The van der Waals surface area contributed by atoms with Crippen molar-refractivity contribution in [1.82, 2.24) is 4.90 Å². The standard InChI is InChI=1S/C15H29NO2/c1-4-8-15(14(17)18)9-7-10-16(12-15)11-13(5-2)6-3/h13H,4-12H2,1-3H3,(H,17,18). The molecular formula is C15H29NO2. The van der Waals surface area contributed by atoms with Crippen molar-refractivity contribution in [2.45, 2.75) is 59.3 Å². The lowest BCUT2D eigenvalue weighted by molar-refractivity contribution is -0.153. The Balaban J connectivity index is 2.65. The van der Waals surface area contributed by atoms with Crippen LogP contribution in [-0.2, 0) is 4.79 Å². The third-order valence-corrected chi connectivity index (χ3v) is 4.51. The number of hydrogen-bond acceptors (Lipinski definition) is 2. The topological polar surface area (TPSA) is 40.5 Å². The summed E-state index contributed by atoms with van der Waals surface area (Å²) in [6.07, 6.45) is 6.07. The zero-order chi connectivity index (χ0) is 13.6. The molecule has 3 nitrogen and oxygen atoms in total. The molecule has 0 amide bonds. The van der Waals surface area contributed by atoms with Crippen molar-refractivity contribution >= 4 is 5.97 Å². The predicted octanol–water partition coefficient (Wildman–Crippen LogP) is 3.39. The van der Waals surface area contributed by atoms with E-state index in [0.29, 0.717) is 0 Å². The number of likely N-dealkylation sites (tertiary alicyclic amines) is 1. The monoisotopic (exact) mass is 255 g/mol. The molecule has 0 saturated carbocycles. The highest BCUT2D eigenvalue weighted by Crippen LogP contribution is 2.35.